The first-order valence-electron chi connectivity index (χ1n) is 11.2. The second kappa shape index (κ2) is 10.1. The van der Waals surface area contributed by atoms with E-state index in [2.05, 4.69) is 0 Å². The zero-order valence-corrected chi connectivity index (χ0v) is 22.2. The lowest BCUT2D eigenvalue weighted by atomic mass is 10.0. The number of hydrogen-bond donors (Lipinski definition) is 0. The molecule has 0 aliphatic carbocycles. The van der Waals surface area contributed by atoms with E-state index in [1.54, 1.807) is 0 Å². The van der Waals surface area contributed by atoms with Crippen LogP contribution in [0.3, 0.4) is 0 Å². The van der Waals surface area contributed by atoms with Gasteiger partial charge in [-0.3, -0.25) is 0 Å². The Morgan fingerprint density at radius 1 is 0.694 bits per heavy atom. The third-order valence-corrected chi connectivity index (χ3v) is 10.4. The summed E-state index contributed by atoms with van der Waals surface area (Å²) in [6, 6.07) is 8.82. The van der Waals surface area contributed by atoms with Crippen molar-refractivity contribution in [3.63, 3.8) is 0 Å². The molecule has 0 bridgehead atoms. The van der Waals surface area contributed by atoms with E-state index in [-0.39, 0.29) is 48.9 Å². The summed E-state index contributed by atoms with van der Waals surface area (Å²) in [5, 5.41) is 0. The fraction of sp³-hybridized carbons (Fsp3) is 0.478. The molecule has 2 heterocycles. The lowest BCUT2D eigenvalue weighted by Gasteiger charge is -2.42. The summed E-state index contributed by atoms with van der Waals surface area (Å²) in [5.41, 5.74) is -1.13. The highest BCUT2D eigenvalue weighted by molar-refractivity contribution is 7.89. The highest BCUT2D eigenvalue weighted by Crippen LogP contribution is 2.41. The van der Waals surface area contributed by atoms with Crippen LogP contribution >= 0.6 is 0 Å². The van der Waals surface area contributed by atoms with Gasteiger partial charge < -0.3 is 23.7 Å². The van der Waals surface area contributed by atoms with Gasteiger partial charge in [-0.05, 0) is 24.3 Å². The number of sulfonamides is 2. The second-order valence-corrected chi connectivity index (χ2v) is 12.1. The Labute approximate surface area is 211 Å². The van der Waals surface area contributed by atoms with Gasteiger partial charge in [0.15, 0.2) is 23.0 Å². The molecule has 0 N–H and O–H groups in total. The summed E-state index contributed by atoms with van der Waals surface area (Å²) in [7, 11) is -1.98. The Kier molecular flexibility index (Phi) is 7.40. The number of benzene rings is 2. The maximum atomic E-state index is 13.6. The van der Waals surface area contributed by atoms with Gasteiger partial charge >= 0.3 is 0 Å². The van der Waals surface area contributed by atoms with Crippen molar-refractivity contribution in [2.45, 2.75) is 28.4 Å². The molecule has 2 aliphatic heterocycles. The minimum Gasteiger partial charge on any atom is -0.493 e. The smallest absolute Gasteiger partial charge is 0.245 e. The van der Waals surface area contributed by atoms with Crippen molar-refractivity contribution in [3.05, 3.63) is 36.4 Å². The molecule has 11 nitrogen and oxygen atoms in total. The van der Waals surface area contributed by atoms with Gasteiger partial charge in [0.05, 0.1) is 44.8 Å². The molecule has 0 atom stereocenters. The van der Waals surface area contributed by atoms with E-state index < -0.39 is 25.8 Å². The quantitative estimate of drug-likeness (QED) is 0.493. The van der Waals surface area contributed by atoms with Crippen LogP contribution in [0, 0.1) is 0 Å². The van der Waals surface area contributed by atoms with E-state index in [1.807, 2.05) is 0 Å². The predicted octanol–water partition coefficient (Wildman–Crippen LogP) is 1.92. The molecule has 2 aromatic carbocycles. The van der Waals surface area contributed by atoms with Crippen LogP contribution in [-0.2, 0) is 24.8 Å². The van der Waals surface area contributed by atoms with Gasteiger partial charge in [0.2, 0.25) is 20.0 Å². The van der Waals surface area contributed by atoms with Crippen LogP contribution in [0.4, 0.5) is 0 Å². The van der Waals surface area contributed by atoms with Crippen LogP contribution in [0.15, 0.2) is 46.2 Å². The number of ether oxygens (including phenoxy) is 5. The highest BCUT2D eigenvalue weighted by atomic mass is 32.2. The largest absolute Gasteiger partial charge is 0.493 e. The fourth-order valence-electron chi connectivity index (χ4n) is 4.63. The molecular formula is C23H30N2O9S2. The van der Waals surface area contributed by atoms with E-state index in [0.29, 0.717) is 23.0 Å². The minimum atomic E-state index is -3.95. The molecule has 198 valence electrons. The lowest BCUT2D eigenvalue weighted by molar-refractivity contribution is -0.0806. The lowest BCUT2D eigenvalue weighted by Crippen LogP contribution is -2.55. The first-order chi connectivity index (χ1) is 17.1. The van der Waals surface area contributed by atoms with Gasteiger partial charge in [-0.1, -0.05) is 0 Å². The molecule has 0 unspecified atom stereocenters. The van der Waals surface area contributed by atoms with Crippen LogP contribution in [-0.4, -0.2) is 85.9 Å². The van der Waals surface area contributed by atoms with Gasteiger partial charge in [-0.2, -0.15) is 8.61 Å². The minimum absolute atomic E-state index is 0.0467. The second-order valence-electron chi connectivity index (χ2n) is 8.31. The molecule has 2 fully saturated rings. The molecule has 4 rings (SSSR count). The maximum absolute atomic E-state index is 13.6. The molecule has 13 heteroatoms. The van der Waals surface area contributed by atoms with Gasteiger partial charge in [-0.15, -0.1) is 0 Å². The highest BCUT2D eigenvalue weighted by Gasteiger charge is 2.51. The van der Waals surface area contributed by atoms with Crippen LogP contribution in [0.5, 0.6) is 23.0 Å². The monoisotopic (exact) mass is 542 g/mol. The van der Waals surface area contributed by atoms with E-state index in [4.69, 9.17) is 23.7 Å². The number of methoxy groups -OCH3 is 4. The topological polar surface area (TPSA) is 121 Å². The average molecular weight is 543 g/mol. The molecule has 0 radical (unpaired) electrons. The van der Waals surface area contributed by atoms with Crippen molar-refractivity contribution >= 4 is 20.0 Å². The number of rotatable bonds is 8. The summed E-state index contributed by atoms with van der Waals surface area (Å²) in [4.78, 5) is 0.114. The SMILES string of the molecule is COc1ccc(S(=O)(=O)N2CCC3(CC2)OCCN3S(=O)(=O)c2ccc(OC)c(OC)c2)cc1OC. The van der Waals surface area contributed by atoms with E-state index in [0.717, 1.165) is 0 Å². The van der Waals surface area contributed by atoms with Gasteiger partial charge in [-0.25, -0.2) is 16.8 Å². The molecular weight excluding hydrogens is 512 g/mol. The van der Waals surface area contributed by atoms with Gasteiger partial charge in [0, 0.05) is 44.6 Å². The standard InChI is InChI=1S/C23H30N2O9S2/c1-30-19-7-5-17(15-21(19)32-3)35(26,27)24-11-9-23(10-12-24)25(13-14-34-23)36(28,29)18-6-8-20(31-2)22(16-18)33-4/h5-8,15-16H,9-14H2,1-4H3. The molecule has 36 heavy (non-hydrogen) atoms. The molecule has 2 aliphatic rings. The third kappa shape index (κ3) is 4.50. The van der Waals surface area contributed by atoms with E-state index >= 15 is 0 Å². The Morgan fingerprint density at radius 2 is 1.17 bits per heavy atom. The van der Waals surface area contributed by atoms with Crippen LogP contribution in [0.1, 0.15) is 12.8 Å². The van der Waals surface area contributed by atoms with Crippen LogP contribution in [0.25, 0.3) is 0 Å². The summed E-state index contributed by atoms with van der Waals surface area (Å²) in [6.07, 6.45) is 0.373. The van der Waals surface area contributed by atoms with Gasteiger partial charge in [0.25, 0.3) is 0 Å². The Morgan fingerprint density at radius 3 is 1.64 bits per heavy atom. The number of hydrogen-bond acceptors (Lipinski definition) is 9. The van der Waals surface area contributed by atoms with Crippen molar-refractivity contribution in [1.82, 2.24) is 8.61 Å². The molecule has 2 saturated heterocycles. The predicted molar refractivity (Wildman–Crippen MR) is 130 cm³/mol. The summed E-state index contributed by atoms with van der Waals surface area (Å²) >= 11 is 0. The molecule has 0 amide bonds. The third-order valence-electron chi connectivity index (χ3n) is 6.56. The summed E-state index contributed by atoms with van der Waals surface area (Å²) in [5.74, 6) is 1.43. The van der Waals surface area contributed by atoms with E-state index in [9.17, 15) is 16.8 Å². The Bertz CT molecular complexity index is 1320. The average Bonchev–Trinajstić information content (AvgIpc) is 3.31. The van der Waals surface area contributed by atoms with Crippen LogP contribution < -0.4 is 18.9 Å². The number of piperidine rings is 1. The number of nitrogens with zero attached hydrogens (tertiary/aromatic N) is 2. The van der Waals surface area contributed by atoms with E-state index in [1.165, 1.54) is 73.4 Å². The molecule has 1 spiro atoms. The van der Waals surface area contributed by atoms with Crippen molar-refractivity contribution in [1.29, 1.82) is 0 Å². The first-order valence-corrected chi connectivity index (χ1v) is 14.1. The van der Waals surface area contributed by atoms with Crippen molar-refractivity contribution in [2.24, 2.45) is 0 Å². The van der Waals surface area contributed by atoms with Crippen molar-refractivity contribution < 1.29 is 40.5 Å². The van der Waals surface area contributed by atoms with Gasteiger partial charge in [0.1, 0.15) is 5.72 Å². The molecule has 0 aromatic heterocycles. The summed E-state index contributed by atoms with van der Waals surface area (Å²) in [6.45, 7) is 0.567. The van der Waals surface area contributed by atoms with Crippen LogP contribution in [0.2, 0.25) is 0 Å². The summed E-state index contributed by atoms with van der Waals surface area (Å²) < 4.78 is 83.4. The normalized spacial score (nSPS) is 18.8. The Balaban J connectivity index is 1.57. The fourth-order valence-corrected chi connectivity index (χ4v) is 7.83. The zero-order chi connectivity index (χ0) is 26.1. The zero-order valence-electron chi connectivity index (χ0n) is 20.6. The van der Waals surface area contributed by atoms with Crippen molar-refractivity contribution in [2.75, 3.05) is 54.7 Å². The maximum Gasteiger partial charge on any atom is 0.245 e. The van der Waals surface area contributed by atoms with Crippen molar-refractivity contribution in [3.8, 4) is 23.0 Å². The molecule has 0 saturated carbocycles. The first kappa shape index (κ1) is 26.5. The Hall–Kier alpha value is -2.58. The molecule has 2 aromatic rings.